The summed E-state index contributed by atoms with van der Waals surface area (Å²) in [7, 11) is 0. The average molecular weight is 540 g/mol. The number of hydrogen-bond acceptors (Lipinski definition) is 6. The summed E-state index contributed by atoms with van der Waals surface area (Å²) in [6, 6.07) is 6.06. The third-order valence-electron chi connectivity index (χ3n) is 8.16. The van der Waals surface area contributed by atoms with E-state index in [0.717, 1.165) is 18.8 Å². The Morgan fingerprint density at radius 1 is 1.03 bits per heavy atom. The summed E-state index contributed by atoms with van der Waals surface area (Å²) >= 11 is 0. The number of amides is 4. The predicted octanol–water partition coefficient (Wildman–Crippen LogP) is 1.73. The van der Waals surface area contributed by atoms with Gasteiger partial charge in [-0.15, -0.1) is 0 Å². The first-order chi connectivity index (χ1) is 18.7. The zero-order valence-electron chi connectivity index (χ0n) is 23.3. The van der Waals surface area contributed by atoms with E-state index in [9.17, 15) is 24.0 Å². The van der Waals surface area contributed by atoms with Crippen LogP contribution in [0.2, 0.25) is 0 Å². The number of carbonyl (C=O) groups excluding carboxylic acids is 5. The molecule has 1 aromatic carbocycles. The predicted molar refractivity (Wildman–Crippen MR) is 147 cm³/mol. The van der Waals surface area contributed by atoms with E-state index in [1.807, 2.05) is 38.1 Å². The highest BCUT2D eigenvalue weighted by Gasteiger charge is 2.51. The molecule has 10 heteroatoms. The molecule has 0 aliphatic carbocycles. The second-order valence-corrected chi connectivity index (χ2v) is 11.1. The van der Waals surface area contributed by atoms with Gasteiger partial charge < -0.3 is 25.3 Å². The summed E-state index contributed by atoms with van der Waals surface area (Å²) in [6.07, 6.45) is 4.30. The minimum atomic E-state index is -0.669. The lowest BCUT2D eigenvalue weighted by Gasteiger charge is -2.28. The lowest BCUT2D eigenvalue weighted by Crippen LogP contribution is -2.50. The van der Waals surface area contributed by atoms with Crippen LogP contribution >= 0.6 is 0 Å². The van der Waals surface area contributed by atoms with Crippen molar-refractivity contribution in [2.75, 3.05) is 37.6 Å². The molecule has 10 nitrogen and oxygen atoms in total. The summed E-state index contributed by atoms with van der Waals surface area (Å²) in [6.45, 7) is 8.11. The highest BCUT2D eigenvalue weighted by Crippen LogP contribution is 2.31. The fourth-order valence-corrected chi connectivity index (χ4v) is 6.03. The molecule has 4 atom stereocenters. The maximum absolute atomic E-state index is 13.1. The van der Waals surface area contributed by atoms with Gasteiger partial charge in [0.1, 0.15) is 12.1 Å². The topological polar surface area (TPSA) is 119 Å². The highest BCUT2D eigenvalue weighted by atomic mass is 16.2. The van der Waals surface area contributed by atoms with Crippen LogP contribution in [0.3, 0.4) is 0 Å². The number of nitrogens with one attached hydrogen (secondary N) is 2. The van der Waals surface area contributed by atoms with Crippen molar-refractivity contribution in [2.24, 2.45) is 5.92 Å². The van der Waals surface area contributed by atoms with Gasteiger partial charge in [-0.05, 0) is 62.3 Å². The Morgan fingerprint density at radius 3 is 2.36 bits per heavy atom. The van der Waals surface area contributed by atoms with Gasteiger partial charge >= 0.3 is 0 Å². The molecule has 3 fully saturated rings. The molecule has 3 saturated heterocycles. The standard InChI is InChI=1S/C29H41N5O5/c1-4-23(31-20(3)35)29(39)34-18-25(36)27-24(34)12-16-33(27)26(37)17-19(2)11-13-30-28(38)21-7-9-22(10-8-21)32-14-5-6-15-32/h7-10,19,23-24,27H,4-6,11-18H2,1-3H3,(H,30,38)(H,31,35). The van der Waals surface area contributed by atoms with Crippen LogP contribution in [0.5, 0.6) is 0 Å². The molecule has 4 amide bonds. The van der Waals surface area contributed by atoms with Crippen molar-refractivity contribution in [1.82, 2.24) is 20.4 Å². The van der Waals surface area contributed by atoms with E-state index in [1.165, 1.54) is 19.8 Å². The van der Waals surface area contributed by atoms with Crippen LogP contribution in [-0.4, -0.2) is 90.1 Å². The monoisotopic (exact) mass is 539 g/mol. The molecule has 212 valence electrons. The van der Waals surface area contributed by atoms with Crippen molar-refractivity contribution in [1.29, 1.82) is 0 Å². The van der Waals surface area contributed by atoms with E-state index in [2.05, 4.69) is 15.5 Å². The molecule has 1 aromatic rings. The average Bonchev–Trinajstić information content (AvgIpc) is 3.66. The summed E-state index contributed by atoms with van der Waals surface area (Å²) in [5.74, 6) is -0.899. The van der Waals surface area contributed by atoms with Crippen LogP contribution in [0.1, 0.15) is 69.7 Å². The van der Waals surface area contributed by atoms with Crippen LogP contribution < -0.4 is 15.5 Å². The number of nitrogens with zero attached hydrogens (tertiary/aromatic N) is 3. The van der Waals surface area contributed by atoms with E-state index in [1.54, 1.807) is 9.80 Å². The zero-order valence-corrected chi connectivity index (χ0v) is 23.3. The molecule has 4 unspecified atom stereocenters. The number of hydrogen-bond donors (Lipinski definition) is 2. The minimum Gasteiger partial charge on any atom is -0.372 e. The van der Waals surface area contributed by atoms with Crippen LogP contribution in [0.15, 0.2) is 24.3 Å². The fourth-order valence-electron chi connectivity index (χ4n) is 6.03. The second-order valence-electron chi connectivity index (χ2n) is 11.1. The molecular formula is C29H41N5O5. The lowest BCUT2D eigenvalue weighted by molar-refractivity contribution is -0.137. The first-order valence-corrected chi connectivity index (χ1v) is 14.2. The molecule has 2 N–H and O–H groups in total. The van der Waals surface area contributed by atoms with E-state index in [-0.39, 0.29) is 54.3 Å². The number of ketones is 1. The van der Waals surface area contributed by atoms with E-state index in [4.69, 9.17) is 0 Å². The van der Waals surface area contributed by atoms with Gasteiger partial charge in [0.25, 0.3) is 5.91 Å². The quantitative estimate of drug-likeness (QED) is 0.468. The number of Topliss-reactive ketones (excluding diaryl/α,β-unsaturated/α-hetero) is 1. The van der Waals surface area contributed by atoms with E-state index < -0.39 is 12.1 Å². The van der Waals surface area contributed by atoms with Crippen molar-refractivity contribution in [3.63, 3.8) is 0 Å². The third kappa shape index (κ3) is 6.59. The number of likely N-dealkylation sites (tertiary alicyclic amines) is 2. The summed E-state index contributed by atoms with van der Waals surface area (Å²) in [5.41, 5.74) is 1.76. The van der Waals surface area contributed by atoms with E-state index >= 15 is 0 Å². The van der Waals surface area contributed by atoms with Gasteiger partial charge in [0.2, 0.25) is 17.7 Å². The third-order valence-corrected chi connectivity index (χ3v) is 8.16. The molecule has 3 heterocycles. The summed E-state index contributed by atoms with van der Waals surface area (Å²) in [4.78, 5) is 68.6. The number of anilines is 1. The molecule has 0 saturated carbocycles. The molecule has 0 aromatic heterocycles. The normalized spacial score (nSPS) is 22.0. The summed E-state index contributed by atoms with van der Waals surface area (Å²) < 4.78 is 0. The number of rotatable bonds is 10. The second kappa shape index (κ2) is 12.6. The Balaban J connectivity index is 1.23. The van der Waals surface area contributed by atoms with Gasteiger partial charge in [-0.3, -0.25) is 24.0 Å². The molecule has 39 heavy (non-hydrogen) atoms. The Morgan fingerprint density at radius 2 is 1.72 bits per heavy atom. The summed E-state index contributed by atoms with van der Waals surface area (Å²) in [5, 5.41) is 5.61. The molecule has 3 aliphatic heterocycles. The number of carbonyl (C=O) groups is 5. The van der Waals surface area contributed by atoms with Gasteiger partial charge in [0.15, 0.2) is 5.78 Å². The van der Waals surface area contributed by atoms with E-state index in [0.29, 0.717) is 37.9 Å². The first-order valence-electron chi connectivity index (χ1n) is 14.2. The van der Waals surface area contributed by atoms with Crippen LogP contribution in [0, 0.1) is 5.92 Å². The maximum atomic E-state index is 13.1. The molecule has 4 rings (SSSR count). The largest absolute Gasteiger partial charge is 0.372 e. The van der Waals surface area contributed by atoms with Crippen molar-refractivity contribution in [2.45, 2.75) is 77.4 Å². The molecule has 0 bridgehead atoms. The Labute approximate surface area is 230 Å². The lowest BCUT2D eigenvalue weighted by atomic mass is 10.0. The van der Waals surface area contributed by atoms with Gasteiger partial charge in [-0.2, -0.15) is 0 Å². The van der Waals surface area contributed by atoms with Crippen molar-refractivity contribution in [3.05, 3.63) is 29.8 Å². The maximum Gasteiger partial charge on any atom is 0.251 e. The fraction of sp³-hybridized carbons (Fsp3) is 0.621. The molecule has 3 aliphatic rings. The zero-order chi connectivity index (χ0) is 28.1. The smallest absolute Gasteiger partial charge is 0.251 e. The molecular weight excluding hydrogens is 498 g/mol. The van der Waals surface area contributed by atoms with Crippen molar-refractivity contribution < 1.29 is 24.0 Å². The van der Waals surface area contributed by atoms with Crippen LogP contribution in [-0.2, 0) is 19.2 Å². The first kappa shape index (κ1) is 28.6. The van der Waals surface area contributed by atoms with Gasteiger partial charge in [-0.25, -0.2) is 0 Å². The molecule has 0 radical (unpaired) electrons. The van der Waals surface area contributed by atoms with Crippen molar-refractivity contribution in [3.8, 4) is 0 Å². The van der Waals surface area contributed by atoms with Gasteiger partial charge in [-0.1, -0.05) is 13.8 Å². The Bertz CT molecular complexity index is 1080. The minimum absolute atomic E-state index is 0.0212. The highest BCUT2D eigenvalue weighted by molar-refractivity contribution is 5.99. The van der Waals surface area contributed by atoms with Crippen LogP contribution in [0.4, 0.5) is 5.69 Å². The van der Waals surface area contributed by atoms with Crippen LogP contribution in [0.25, 0.3) is 0 Å². The number of benzene rings is 1. The Hall–Kier alpha value is -3.43. The number of fused-ring (bicyclic) bond motifs is 1. The Kier molecular flexibility index (Phi) is 9.24. The molecule has 0 spiro atoms. The van der Waals surface area contributed by atoms with Gasteiger partial charge in [0.05, 0.1) is 12.6 Å². The SMILES string of the molecule is CCC(NC(C)=O)C(=O)N1CC(=O)C2C1CCN2C(=O)CC(C)CCNC(=O)c1ccc(N2CCCC2)cc1. The van der Waals surface area contributed by atoms with Crippen molar-refractivity contribution >= 4 is 35.1 Å². The van der Waals surface area contributed by atoms with Gasteiger partial charge in [0, 0.05) is 50.8 Å².